The number of fused-ring (bicyclic) bond motifs is 1. The van der Waals surface area contributed by atoms with Crippen LogP contribution in [0.1, 0.15) is 39.0 Å². The van der Waals surface area contributed by atoms with Crippen LogP contribution >= 0.6 is 11.8 Å². The van der Waals surface area contributed by atoms with Crippen molar-refractivity contribution in [1.29, 1.82) is 0 Å². The number of nitrogens with one attached hydrogen (secondary N) is 1. The smallest absolute Gasteiger partial charge is 0.239 e. The third kappa shape index (κ3) is 3.94. The van der Waals surface area contributed by atoms with E-state index in [-0.39, 0.29) is 11.2 Å². The number of carbonyl (C=O) groups is 1. The van der Waals surface area contributed by atoms with E-state index in [1.807, 2.05) is 24.3 Å². The largest absolute Gasteiger partial charge is 0.304 e. The van der Waals surface area contributed by atoms with Gasteiger partial charge in [-0.15, -0.1) is 0 Å². The van der Waals surface area contributed by atoms with Crippen LogP contribution in [0.5, 0.6) is 0 Å². The van der Waals surface area contributed by atoms with Crippen molar-refractivity contribution in [2.75, 3.05) is 0 Å². The van der Waals surface area contributed by atoms with Crippen LogP contribution < -0.4 is 5.32 Å². The molecule has 3 rings (SSSR count). The summed E-state index contributed by atoms with van der Waals surface area (Å²) in [5, 5.41) is 5.96. The van der Waals surface area contributed by atoms with E-state index < -0.39 is 0 Å². The molecule has 0 bridgehead atoms. The Balaban J connectivity index is 1.72. The van der Waals surface area contributed by atoms with E-state index in [4.69, 9.17) is 0 Å². The highest BCUT2D eigenvalue weighted by Gasteiger charge is 2.29. The maximum atomic E-state index is 12.1. The molecule has 3 nitrogen and oxygen atoms in total. The maximum Gasteiger partial charge on any atom is 0.239 e. The van der Waals surface area contributed by atoms with Crippen LogP contribution in [0.15, 0.2) is 47.5 Å². The van der Waals surface area contributed by atoms with Crippen molar-refractivity contribution >= 4 is 39.3 Å². The van der Waals surface area contributed by atoms with Gasteiger partial charge in [-0.05, 0) is 17.9 Å². The average Bonchev–Trinajstić information content (AvgIpc) is 2.91. The molecule has 1 aliphatic heterocycles. The summed E-state index contributed by atoms with van der Waals surface area (Å²) in [6.07, 6.45) is 5.72. The van der Waals surface area contributed by atoms with Gasteiger partial charge in [0.1, 0.15) is 0 Å². The number of hydrogen-bond acceptors (Lipinski definition) is 3. The number of unbranched alkanes of at least 4 members (excludes halogenated alkanes) is 3. The van der Waals surface area contributed by atoms with Crippen molar-refractivity contribution < 1.29 is 4.79 Å². The summed E-state index contributed by atoms with van der Waals surface area (Å²) in [5.74, 6) is 0.102. The molecule has 120 valence electrons. The van der Waals surface area contributed by atoms with E-state index in [0.29, 0.717) is 0 Å². The first kappa shape index (κ1) is 16.1. The third-order valence-electron chi connectivity index (χ3n) is 4.08. The first-order valence-corrected chi connectivity index (χ1v) is 9.20. The lowest BCUT2D eigenvalue weighted by Gasteiger charge is -2.04. The fraction of sp³-hybridized carbons (Fsp3) is 0.368. The molecule has 23 heavy (non-hydrogen) atoms. The van der Waals surface area contributed by atoms with Gasteiger partial charge in [-0.2, -0.15) is 0 Å². The molecular formula is C19H22N2OS. The zero-order chi connectivity index (χ0) is 16.1. The molecule has 4 heteroatoms. The molecule has 1 unspecified atom stereocenters. The lowest BCUT2D eigenvalue weighted by molar-refractivity contribution is -0.118. The van der Waals surface area contributed by atoms with Gasteiger partial charge in [-0.3, -0.25) is 4.79 Å². The minimum absolute atomic E-state index is 0.0144. The van der Waals surface area contributed by atoms with Crippen molar-refractivity contribution in [3.63, 3.8) is 0 Å². The number of hydrogen-bond donors (Lipinski definition) is 1. The lowest BCUT2D eigenvalue weighted by atomic mass is 10.1. The average molecular weight is 326 g/mol. The molecule has 1 saturated heterocycles. The minimum Gasteiger partial charge on any atom is -0.304 e. The highest BCUT2D eigenvalue weighted by atomic mass is 32.2. The molecule has 1 N–H and O–H groups in total. The molecule has 1 amide bonds. The summed E-state index contributed by atoms with van der Waals surface area (Å²) < 4.78 is 0. The molecular weight excluding hydrogens is 304 g/mol. The molecule has 1 heterocycles. The molecule has 1 atom stereocenters. The first-order chi connectivity index (χ1) is 11.3. The third-order valence-corrected chi connectivity index (χ3v) is 5.24. The van der Waals surface area contributed by atoms with Crippen LogP contribution in [0.25, 0.3) is 10.8 Å². The lowest BCUT2D eigenvalue weighted by Crippen LogP contribution is -2.24. The Labute approximate surface area is 141 Å². The van der Waals surface area contributed by atoms with Crippen molar-refractivity contribution in [2.45, 2.75) is 44.3 Å². The normalized spacial score (nSPS) is 19.4. The van der Waals surface area contributed by atoms with Crippen LogP contribution in [0.2, 0.25) is 0 Å². The Kier molecular flexibility index (Phi) is 5.34. The quantitative estimate of drug-likeness (QED) is 0.756. The van der Waals surface area contributed by atoms with Crippen molar-refractivity contribution in [3.05, 3.63) is 42.5 Å². The number of nitrogens with zero attached hydrogens (tertiary/aromatic N) is 1. The predicted octanol–water partition coefficient (Wildman–Crippen LogP) is 5.03. The van der Waals surface area contributed by atoms with E-state index >= 15 is 0 Å². The highest BCUT2D eigenvalue weighted by Crippen LogP contribution is 2.30. The summed E-state index contributed by atoms with van der Waals surface area (Å²) in [5.41, 5.74) is 0.914. The van der Waals surface area contributed by atoms with Gasteiger partial charge in [0.15, 0.2) is 5.17 Å². The molecule has 2 aromatic carbocycles. The van der Waals surface area contributed by atoms with Crippen LogP contribution in [-0.4, -0.2) is 16.3 Å². The molecule has 2 aromatic rings. The van der Waals surface area contributed by atoms with Gasteiger partial charge in [0, 0.05) is 5.39 Å². The second-order valence-electron chi connectivity index (χ2n) is 5.86. The second-order valence-corrected chi connectivity index (χ2v) is 7.05. The Morgan fingerprint density at radius 3 is 2.78 bits per heavy atom. The molecule has 0 aliphatic carbocycles. The number of aliphatic imine (C=N–C) groups is 1. The summed E-state index contributed by atoms with van der Waals surface area (Å²) in [7, 11) is 0. The second kappa shape index (κ2) is 7.64. The topological polar surface area (TPSA) is 41.5 Å². The number of thioether (sulfide) groups is 1. The van der Waals surface area contributed by atoms with Gasteiger partial charge >= 0.3 is 0 Å². The number of benzene rings is 2. The van der Waals surface area contributed by atoms with E-state index in [2.05, 4.69) is 35.4 Å². The Morgan fingerprint density at radius 1 is 1.09 bits per heavy atom. The van der Waals surface area contributed by atoms with Gasteiger partial charge in [0.05, 0.1) is 10.9 Å². The molecule has 0 aromatic heterocycles. The molecule has 0 radical (unpaired) electrons. The van der Waals surface area contributed by atoms with Crippen LogP contribution in [0.4, 0.5) is 5.69 Å². The maximum absolute atomic E-state index is 12.1. The molecule has 0 saturated carbocycles. The molecule has 0 spiro atoms. The van der Waals surface area contributed by atoms with Crippen molar-refractivity contribution in [3.8, 4) is 0 Å². The van der Waals surface area contributed by atoms with Crippen LogP contribution in [-0.2, 0) is 4.79 Å². The van der Waals surface area contributed by atoms with Gasteiger partial charge in [0.25, 0.3) is 0 Å². The zero-order valence-electron chi connectivity index (χ0n) is 13.4. The van der Waals surface area contributed by atoms with E-state index in [1.54, 1.807) is 11.8 Å². The summed E-state index contributed by atoms with van der Waals surface area (Å²) >= 11 is 1.57. The van der Waals surface area contributed by atoms with Crippen LogP contribution in [0, 0.1) is 0 Å². The zero-order valence-corrected chi connectivity index (χ0v) is 14.2. The van der Waals surface area contributed by atoms with E-state index in [0.717, 1.165) is 29.1 Å². The number of amidine groups is 1. The van der Waals surface area contributed by atoms with Crippen molar-refractivity contribution in [1.82, 2.24) is 5.32 Å². The standard InChI is InChI=1S/C19H22N2OS/c1-2-3-4-5-13-17-18(22)21-19(23-17)20-16-12-8-10-14-9-6-7-11-15(14)16/h6-12,17H,2-5,13H2,1H3,(H,20,21,22). The number of rotatable bonds is 6. The first-order valence-electron chi connectivity index (χ1n) is 8.32. The van der Waals surface area contributed by atoms with Crippen LogP contribution in [0.3, 0.4) is 0 Å². The Hall–Kier alpha value is -1.81. The number of carbonyl (C=O) groups excluding carboxylic acids is 1. The fourth-order valence-corrected chi connectivity index (χ4v) is 3.85. The predicted molar refractivity (Wildman–Crippen MR) is 99.3 cm³/mol. The van der Waals surface area contributed by atoms with Gasteiger partial charge in [0.2, 0.25) is 5.91 Å². The van der Waals surface area contributed by atoms with Crippen molar-refractivity contribution in [2.24, 2.45) is 4.99 Å². The SMILES string of the molecule is CCCCCCC1SC(=Nc2cccc3ccccc23)NC1=O. The Bertz CT molecular complexity index is 721. The molecule has 1 aliphatic rings. The van der Waals surface area contributed by atoms with Gasteiger partial charge in [-0.25, -0.2) is 4.99 Å². The summed E-state index contributed by atoms with van der Waals surface area (Å²) in [6.45, 7) is 2.20. The van der Waals surface area contributed by atoms with Gasteiger partial charge < -0.3 is 5.32 Å². The monoisotopic (exact) mass is 326 g/mol. The summed E-state index contributed by atoms with van der Waals surface area (Å²) in [6, 6.07) is 14.3. The molecule has 1 fully saturated rings. The van der Waals surface area contributed by atoms with E-state index in [1.165, 1.54) is 24.6 Å². The minimum atomic E-state index is 0.0144. The van der Waals surface area contributed by atoms with E-state index in [9.17, 15) is 4.79 Å². The van der Waals surface area contributed by atoms with Gasteiger partial charge in [-0.1, -0.05) is 80.8 Å². The highest BCUT2D eigenvalue weighted by molar-refractivity contribution is 8.15. The number of amides is 1. The fourth-order valence-electron chi connectivity index (χ4n) is 2.82. The Morgan fingerprint density at radius 2 is 1.91 bits per heavy atom. The summed E-state index contributed by atoms with van der Waals surface area (Å²) in [4.78, 5) is 16.8.